The van der Waals surface area contributed by atoms with Crippen molar-refractivity contribution >= 4 is 5.91 Å². The fraction of sp³-hybridized carbons (Fsp3) is 0.480. The molecule has 2 aromatic rings. The largest absolute Gasteiger partial charge is 0.493 e. The van der Waals surface area contributed by atoms with Gasteiger partial charge in [0.2, 0.25) is 0 Å². The molecule has 0 aliphatic carbocycles. The quantitative estimate of drug-likeness (QED) is 0.616. The topological polar surface area (TPSA) is 47.7 Å². The van der Waals surface area contributed by atoms with Gasteiger partial charge in [0, 0.05) is 24.2 Å². The van der Waals surface area contributed by atoms with E-state index in [0.29, 0.717) is 0 Å². The van der Waals surface area contributed by atoms with Gasteiger partial charge in [-0.2, -0.15) is 0 Å². The maximum Gasteiger partial charge on any atom is 0.285 e. The zero-order chi connectivity index (χ0) is 22.2. The summed E-state index contributed by atoms with van der Waals surface area (Å²) in [6.45, 7) is 10.6. The highest BCUT2D eigenvalue weighted by Gasteiger charge is 2.37. The molecule has 0 saturated carbocycles. The van der Waals surface area contributed by atoms with Crippen LogP contribution in [0, 0.1) is 0 Å². The van der Waals surface area contributed by atoms with Gasteiger partial charge in [-0.15, -0.1) is 0 Å². The van der Waals surface area contributed by atoms with Crippen LogP contribution in [-0.4, -0.2) is 64.3 Å². The van der Waals surface area contributed by atoms with Gasteiger partial charge in [0.05, 0.1) is 14.2 Å². The van der Waals surface area contributed by atoms with E-state index in [-0.39, 0.29) is 11.9 Å². The Bertz CT molecular complexity index is 831. The predicted octanol–water partition coefficient (Wildman–Crippen LogP) is 0.597. The zero-order valence-electron chi connectivity index (χ0n) is 19.3. The van der Waals surface area contributed by atoms with Gasteiger partial charge in [0.1, 0.15) is 32.7 Å². The minimum atomic E-state index is -0.122. The van der Waals surface area contributed by atoms with E-state index in [0.717, 1.165) is 62.9 Å². The zero-order valence-corrected chi connectivity index (χ0v) is 19.3. The van der Waals surface area contributed by atoms with Crippen molar-refractivity contribution in [2.24, 2.45) is 0 Å². The highest BCUT2D eigenvalue weighted by atomic mass is 16.5. The van der Waals surface area contributed by atoms with E-state index in [1.165, 1.54) is 15.4 Å². The third kappa shape index (κ3) is 5.57. The number of quaternary nitrogens is 2. The molecular weight excluding hydrogens is 390 g/mol. The van der Waals surface area contributed by atoms with Crippen molar-refractivity contribution in [2.45, 2.75) is 26.4 Å². The second kappa shape index (κ2) is 11.2. The summed E-state index contributed by atoms with van der Waals surface area (Å²) in [6, 6.07) is 16.3. The molecule has 0 unspecified atom stereocenters. The van der Waals surface area contributed by atoms with E-state index < -0.39 is 0 Å². The van der Waals surface area contributed by atoms with Gasteiger partial charge in [-0.3, -0.25) is 4.79 Å². The van der Waals surface area contributed by atoms with Crippen LogP contribution in [-0.2, 0) is 11.3 Å². The molecule has 31 heavy (non-hydrogen) atoms. The summed E-state index contributed by atoms with van der Waals surface area (Å²) in [5, 5.41) is 0. The number of nitrogens with zero attached hydrogens (tertiary/aromatic N) is 1. The summed E-state index contributed by atoms with van der Waals surface area (Å²) in [5.41, 5.74) is 2.37. The van der Waals surface area contributed by atoms with Crippen molar-refractivity contribution < 1.29 is 24.1 Å². The van der Waals surface area contributed by atoms with Crippen molar-refractivity contribution in [1.82, 2.24) is 4.90 Å². The molecule has 0 radical (unpaired) electrons. The molecule has 6 heteroatoms. The number of likely N-dealkylation sites (N-methyl/N-ethyl adjacent to an activating group) is 1. The number of rotatable bonds is 9. The van der Waals surface area contributed by atoms with Crippen molar-refractivity contribution in [3.63, 3.8) is 0 Å². The SMILES string of the molecule is CCN(CC)C(=O)[C@@H](c1ccccc1)[NH+]1CC[NH+](Cc2ccc(OC)c(OC)c2)CC1. The number of nitrogens with one attached hydrogen (secondary N) is 2. The second-order valence-corrected chi connectivity index (χ2v) is 8.13. The lowest BCUT2D eigenvalue weighted by Gasteiger charge is -2.36. The van der Waals surface area contributed by atoms with Gasteiger partial charge in [-0.25, -0.2) is 0 Å². The molecule has 1 heterocycles. The first-order valence-electron chi connectivity index (χ1n) is 11.3. The van der Waals surface area contributed by atoms with Crippen LogP contribution in [0.15, 0.2) is 48.5 Å². The normalized spacial score (nSPS) is 19.5. The number of carbonyl (C=O) groups is 1. The Kier molecular flexibility index (Phi) is 8.32. The maximum atomic E-state index is 13.4. The van der Waals surface area contributed by atoms with Crippen LogP contribution in [0.5, 0.6) is 11.5 Å². The summed E-state index contributed by atoms with van der Waals surface area (Å²) in [7, 11) is 3.33. The van der Waals surface area contributed by atoms with Gasteiger partial charge in [0.25, 0.3) is 5.91 Å². The first-order chi connectivity index (χ1) is 15.1. The van der Waals surface area contributed by atoms with E-state index in [4.69, 9.17) is 9.47 Å². The van der Waals surface area contributed by atoms with E-state index in [9.17, 15) is 4.79 Å². The van der Waals surface area contributed by atoms with Crippen LogP contribution in [0.1, 0.15) is 31.0 Å². The van der Waals surface area contributed by atoms with E-state index in [2.05, 4.69) is 38.1 Å². The van der Waals surface area contributed by atoms with E-state index in [1.54, 1.807) is 14.2 Å². The van der Waals surface area contributed by atoms with Gasteiger partial charge in [-0.05, 0) is 32.0 Å². The van der Waals surface area contributed by atoms with Crippen molar-refractivity contribution in [1.29, 1.82) is 0 Å². The van der Waals surface area contributed by atoms with Crippen LogP contribution < -0.4 is 19.3 Å². The summed E-state index contributed by atoms with van der Waals surface area (Å²) in [4.78, 5) is 18.3. The molecule has 168 valence electrons. The fourth-order valence-electron chi connectivity index (χ4n) is 4.59. The Morgan fingerprint density at radius 3 is 2.16 bits per heavy atom. The first-order valence-corrected chi connectivity index (χ1v) is 11.3. The monoisotopic (exact) mass is 427 g/mol. The molecule has 1 fully saturated rings. The third-order valence-electron chi connectivity index (χ3n) is 6.36. The van der Waals surface area contributed by atoms with Crippen LogP contribution in [0.2, 0.25) is 0 Å². The summed E-state index contributed by atoms with van der Waals surface area (Å²) < 4.78 is 10.8. The predicted molar refractivity (Wildman–Crippen MR) is 122 cm³/mol. The van der Waals surface area contributed by atoms with Crippen LogP contribution in [0.25, 0.3) is 0 Å². The molecular formula is C25H37N3O3+2. The first kappa shape index (κ1) is 23.1. The Morgan fingerprint density at radius 1 is 0.935 bits per heavy atom. The fourth-order valence-corrected chi connectivity index (χ4v) is 4.59. The molecule has 0 aromatic heterocycles. The number of carbonyl (C=O) groups excluding carboxylic acids is 1. The van der Waals surface area contributed by atoms with E-state index in [1.807, 2.05) is 29.2 Å². The summed E-state index contributed by atoms with van der Waals surface area (Å²) in [5.74, 6) is 1.78. The highest BCUT2D eigenvalue weighted by molar-refractivity contribution is 5.82. The highest BCUT2D eigenvalue weighted by Crippen LogP contribution is 2.27. The Morgan fingerprint density at radius 2 is 1.58 bits per heavy atom. The number of benzene rings is 2. The Labute approximate surface area is 186 Å². The number of piperazine rings is 1. The van der Waals surface area contributed by atoms with Gasteiger partial charge >= 0.3 is 0 Å². The average Bonchev–Trinajstić information content (AvgIpc) is 2.82. The van der Waals surface area contributed by atoms with Gasteiger partial charge in [0.15, 0.2) is 17.5 Å². The smallest absolute Gasteiger partial charge is 0.285 e. The molecule has 2 aromatic carbocycles. The lowest BCUT2D eigenvalue weighted by Crippen LogP contribution is -3.28. The van der Waals surface area contributed by atoms with Crippen molar-refractivity contribution in [3.8, 4) is 11.5 Å². The molecule has 0 bridgehead atoms. The van der Waals surface area contributed by atoms with Crippen LogP contribution >= 0.6 is 0 Å². The van der Waals surface area contributed by atoms with Gasteiger partial charge < -0.3 is 24.2 Å². The Hall–Kier alpha value is -2.57. The standard InChI is InChI=1S/C25H35N3O3/c1-5-27(6-2)25(29)24(21-10-8-7-9-11-21)28-16-14-26(15-17-28)19-20-12-13-22(30-3)23(18-20)31-4/h7-13,18,24H,5-6,14-17,19H2,1-4H3/p+2/t24-/m1/s1. The van der Waals surface area contributed by atoms with Crippen LogP contribution in [0.3, 0.4) is 0 Å². The van der Waals surface area contributed by atoms with Crippen molar-refractivity contribution in [3.05, 3.63) is 59.7 Å². The number of hydrogen-bond acceptors (Lipinski definition) is 3. The molecule has 0 spiro atoms. The number of hydrogen-bond donors (Lipinski definition) is 2. The lowest BCUT2D eigenvalue weighted by atomic mass is 10.0. The molecule has 1 amide bonds. The number of amides is 1. The molecule has 1 aliphatic rings. The van der Waals surface area contributed by atoms with Gasteiger partial charge in [-0.1, -0.05) is 30.3 Å². The maximum absolute atomic E-state index is 13.4. The lowest BCUT2D eigenvalue weighted by molar-refractivity contribution is -1.03. The third-order valence-corrected chi connectivity index (χ3v) is 6.36. The number of methoxy groups -OCH3 is 2. The molecule has 1 atom stereocenters. The molecule has 6 nitrogen and oxygen atoms in total. The summed E-state index contributed by atoms with van der Waals surface area (Å²) in [6.07, 6.45) is 0. The molecule has 1 aliphatic heterocycles. The molecule has 2 N–H and O–H groups in total. The average molecular weight is 428 g/mol. The molecule has 3 rings (SSSR count). The van der Waals surface area contributed by atoms with Crippen LogP contribution in [0.4, 0.5) is 0 Å². The minimum Gasteiger partial charge on any atom is -0.493 e. The van der Waals surface area contributed by atoms with E-state index >= 15 is 0 Å². The number of ether oxygens (including phenoxy) is 2. The summed E-state index contributed by atoms with van der Waals surface area (Å²) >= 11 is 0. The van der Waals surface area contributed by atoms with Crippen molar-refractivity contribution in [2.75, 3.05) is 53.5 Å². The minimum absolute atomic E-state index is 0.122. The molecule has 1 saturated heterocycles. The second-order valence-electron chi connectivity index (χ2n) is 8.13. The Balaban J connectivity index is 1.69.